The molecule has 112 valence electrons. The van der Waals surface area contributed by atoms with E-state index in [2.05, 4.69) is 15.5 Å². The van der Waals surface area contributed by atoms with Crippen molar-refractivity contribution in [3.8, 4) is 17.4 Å². The van der Waals surface area contributed by atoms with Gasteiger partial charge in [0.2, 0.25) is 0 Å². The summed E-state index contributed by atoms with van der Waals surface area (Å²) in [6.07, 6.45) is -4.39. The number of benzene rings is 2. The summed E-state index contributed by atoms with van der Waals surface area (Å²) in [5.74, 6) is 0.519. The average Bonchev–Trinajstić information content (AvgIpc) is 2.96. The lowest BCUT2D eigenvalue weighted by molar-refractivity contribution is -0.137. The molecule has 1 heterocycles. The van der Waals surface area contributed by atoms with Gasteiger partial charge in [0, 0.05) is 0 Å². The molecule has 5 nitrogen and oxygen atoms in total. The number of rotatable bonds is 3. The fourth-order valence-electron chi connectivity index (χ4n) is 1.79. The number of hydrogen-bond acceptors (Lipinski definition) is 4. The van der Waals surface area contributed by atoms with Crippen LogP contribution in [0.15, 0.2) is 54.6 Å². The zero-order valence-electron chi connectivity index (χ0n) is 11.0. The normalized spacial score (nSPS) is 11.4. The molecule has 0 amide bonds. The number of para-hydroxylation sites is 1. The van der Waals surface area contributed by atoms with Gasteiger partial charge in [0.25, 0.3) is 0 Å². The summed E-state index contributed by atoms with van der Waals surface area (Å²) in [6, 6.07) is 13.3. The molecule has 3 rings (SSSR count). The van der Waals surface area contributed by atoms with Crippen LogP contribution in [0.25, 0.3) is 5.69 Å². The molecule has 0 aliphatic heterocycles. The van der Waals surface area contributed by atoms with Gasteiger partial charge < -0.3 is 4.74 Å². The summed E-state index contributed by atoms with van der Waals surface area (Å²) in [6.45, 7) is 0. The zero-order valence-corrected chi connectivity index (χ0v) is 11.0. The molecule has 0 unspecified atom stereocenters. The fraction of sp³-hybridized carbons (Fsp3) is 0.0714. The second kappa shape index (κ2) is 5.47. The van der Waals surface area contributed by atoms with Crippen molar-refractivity contribution in [2.24, 2.45) is 0 Å². The fourth-order valence-corrected chi connectivity index (χ4v) is 1.79. The van der Waals surface area contributed by atoms with Crippen LogP contribution in [0, 0.1) is 0 Å². The van der Waals surface area contributed by atoms with Gasteiger partial charge in [-0.1, -0.05) is 23.3 Å². The Morgan fingerprint density at radius 3 is 2.23 bits per heavy atom. The first-order chi connectivity index (χ1) is 10.5. The number of aromatic nitrogens is 4. The monoisotopic (exact) mass is 306 g/mol. The molecule has 0 atom stereocenters. The molecule has 0 saturated heterocycles. The maximum absolute atomic E-state index is 12.6. The van der Waals surface area contributed by atoms with Gasteiger partial charge >= 0.3 is 12.2 Å². The lowest BCUT2D eigenvalue weighted by atomic mass is 10.2. The van der Waals surface area contributed by atoms with Crippen LogP contribution in [0.5, 0.6) is 11.8 Å². The molecule has 8 heteroatoms. The van der Waals surface area contributed by atoms with Crippen LogP contribution in [0.3, 0.4) is 0 Å². The first-order valence-corrected chi connectivity index (χ1v) is 6.23. The summed E-state index contributed by atoms with van der Waals surface area (Å²) in [5.41, 5.74) is -0.376. The van der Waals surface area contributed by atoms with Crippen molar-refractivity contribution in [3.63, 3.8) is 0 Å². The van der Waals surface area contributed by atoms with E-state index in [1.807, 2.05) is 6.07 Å². The molecule has 2 aromatic carbocycles. The third-order valence-corrected chi connectivity index (χ3v) is 2.83. The number of tetrazole rings is 1. The van der Waals surface area contributed by atoms with Crippen molar-refractivity contribution in [1.29, 1.82) is 0 Å². The highest BCUT2D eigenvalue weighted by Gasteiger charge is 2.30. The Morgan fingerprint density at radius 1 is 0.909 bits per heavy atom. The van der Waals surface area contributed by atoms with Gasteiger partial charge in [-0.25, -0.2) is 0 Å². The molecule has 0 aliphatic carbocycles. The molecule has 0 spiro atoms. The second-order valence-electron chi connectivity index (χ2n) is 4.33. The molecular formula is C14H9F3N4O. The van der Waals surface area contributed by atoms with Crippen LogP contribution in [-0.2, 0) is 6.18 Å². The van der Waals surface area contributed by atoms with Gasteiger partial charge in [0.15, 0.2) is 0 Å². The minimum absolute atomic E-state index is 0.0611. The van der Waals surface area contributed by atoms with Gasteiger partial charge in [-0.3, -0.25) is 0 Å². The maximum Gasteiger partial charge on any atom is 0.416 e. The predicted octanol–water partition coefficient (Wildman–Crippen LogP) is 3.47. The third kappa shape index (κ3) is 2.90. The molecule has 0 fully saturated rings. The Morgan fingerprint density at radius 2 is 1.59 bits per heavy atom. The van der Waals surface area contributed by atoms with Crippen molar-refractivity contribution in [1.82, 2.24) is 20.2 Å². The Labute approximate surface area is 123 Å². The molecule has 1 aromatic heterocycles. The average molecular weight is 306 g/mol. The first kappa shape index (κ1) is 14.1. The molecular weight excluding hydrogens is 297 g/mol. The van der Waals surface area contributed by atoms with Gasteiger partial charge in [0.1, 0.15) is 5.75 Å². The summed E-state index contributed by atoms with van der Waals surface area (Å²) >= 11 is 0. The van der Waals surface area contributed by atoms with Crippen LogP contribution >= 0.6 is 0 Å². The van der Waals surface area contributed by atoms with E-state index in [0.29, 0.717) is 11.4 Å². The summed E-state index contributed by atoms with van der Waals surface area (Å²) in [4.78, 5) is 0. The molecule has 22 heavy (non-hydrogen) atoms. The highest BCUT2D eigenvalue weighted by Crippen LogP contribution is 2.30. The Hall–Kier alpha value is -2.90. The largest absolute Gasteiger partial charge is 0.423 e. The van der Waals surface area contributed by atoms with E-state index >= 15 is 0 Å². The van der Waals surface area contributed by atoms with E-state index in [1.165, 1.54) is 16.8 Å². The van der Waals surface area contributed by atoms with E-state index in [-0.39, 0.29) is 6.01 Å². The number of nitrogens with zero attached hydrogens (tertiary/aromatic N) is 4. The number of hydrogen-bond donors (Lipinski definition) is 0. The Bertz CT molecular complexity index is 754. The summed E-state index contributed by atoms with van der Waals surface area (Å²) in [5, 5.41) is 10.9. The van der Waals surface area contributed by atoms with Crippen LogP contribution in [0.1, 0.15) is 5.56 Å². The van der Waals surface area contributed by atoms with Gasteiger partial charge in [0.05, 0.1) is 11.3 Å². The number of halogens is 3. The molecule has 0 saturated carbocycles. The van der Waals surface area contributed by atoms with E-state index in [0.717, 1.165) is 12.1 Å². The molecule has 0 radical (unpaired) electrons. The highest BCUT2D eigenvalue weighted by molar-refractivity contribution is 5.36. The van der Waals surface area contributed by atoms with Crippen LogP contribution in [0.4, 0.5) is 13.2 Å². The lowest BCUT2D eigenvalue weighted by Gasteiger charge is -2.08. The van der Waals surface area contributed by atoms with Crippen molar-refractivity contribution in [3.05, 3.63) is 60.2 Å². The van der Waals surface area contributed by atoms with Crippen molar-refractivity contribution >= 4 is 0 Å². The molecule has 0 aliphatic rings. The molecule has 0 N–H and O–H groups in total. The Balaban J connectivity index is 1.89. The SMILES string of the molecule is FC(F)(F)c1ccc(-n2nnnc2Oc2ccccc2)cc1. The van der Waals surface area contributed by atoms with E-state index in [4.69, 9.17) is 4.74 Å². The zero-order chi connectivity index (χ0) is 15.6. The topological polar surface area (TPSA) is 52.8 Å². The quantitative estimate of drug-likeness (QED) is 0.743. The Kier molecular flexibility index (Phi) is 3.50. The lowest BCUT2D eigenvalue weighted by Crippen LogP contribution is -2.06. The van der Waals surface area contributed by atoms with Crippen LogP contribution in [-0.4, -0.2) is 20.2 Å². The summed E-state index contributed by atoms with van der Waals surface area (Å²) in [7, 11) is 0. The predicted molar refractivity (Wildman–Crippen MR) is 70.7 cm³/mol. The third-order valence-electron chi connectivity index (χ3n) is 2.83. The first-order valence-electron chi connectivity index (χ1n) is 6.23. The van der Waals surface area contributed by atoms with E-state index in [1.54, 1.807) is 24.3 Å². The van der Waals surface area contributed by atoms with Gasteiger partial charge in [-0.15, -0.1) is 0 Å². The minimum atomic E-state index is -4.39. The highest BCUT2D eigenvalue weighted by atomic mass is 19.4. The number of alkyl halides is 3. The van der Waals surface area contributed by atoms with Gasteiger partial charge in [-0.05, 0) is 46.8 Å². The van der Waals surface area contributed by atoms with Gasteiger partial charge in [-0.2, -0.15) is 17.9 Å². The van der Waals surface area contributed by atoms with Crippen molar-refractivity contribution < 1.29 is 17.9 Å². The second-order valence-corrected chi connectivity index (χ2v) is 4.33. The summed E-state index contributed by atoms with van der Waals surface area (Å²) < 4.78 is 44.4. The number of ether oxygens (including phenoxy) is 1. The van der Waals surface area contributed by atoms with Crippen LogP contribution in [0.2, 0.25) is 0 Å². The smallest absolute Gasteiger partial charge is 0.416 e. The molecule has 0 bridgehead atoms. The maximum atomic E-state index is 12.6. The van der Waals surface area contributed by atoms with Crippen molar-refractivity contribution in [2.45, 2.75) is 6.18 Å². The van der Waals surface area contributed by atoms with Crippen molar-refractivity contribution in [2.75, 3.05) is 0 Å². The van der Waals surface area contributed by atoms with E-state index in [9.17, 15) is 13.2 Å². The standard InChI is InChI=1S/C14H9F3N4O/c15-14(16,17)10-6-8-11(9-7-10)21-13(18-19-20-21)22-12-4-2-1-3-5-12/h1-9H. The minimum Gasteiger partial charge on any atom is -0.423 e. The van der Waals surface area contributed by atoms with E-state index < -0.39 is 11.7 Å². The van der Waals surface area contributed by atoms with Crippen LogP contribution < -0.4 is 4.74 Å². The molecule has 3 aromatic rings.